The lowest BCUT2D eigenvalue weighted by Crippen LogP contribution is -2.34. The van der Waals surface area contributed by atoms with E-state index in [9.17, 15) is 9.59 Å². The zero-order valence-electron chi connectivity index (χ0n) is 12.4. The molecule has 0 bridgehead atoms. The second kappa shape index (κ2) is 8.80. The third kappa shape index (κ3) is 5.00. The standard InChI is InChI=1S/C16H23O3S/c1-4-9-14(20(3)12-15(17)19-5-2)16(18)13-10-7-6-8-11-13/h6-8,10-11,14H,4-5,9,12H2,1-3H3/q+1. The molecule has 0 heterocycles. The smallest absolute Gasteiger partial charge is 0.356 e. The van der Waals surface area contributed by atoms with Crippen molar-refractivity contribution in [3.63, 3.8) is 0 Å². The molecule has 1 rings (SSSR count). The van der Waals surface area contributed by atoms with Crippen LogP contribution in [0.4, 0.5) is 0 Å². The van der Waals surface area contributed by atoms with Crippen LogP contribution in [-0.2, 0) is 20.4 Å². The fourth-order valence-corrected chi connectivity index (χ4v) is 3.85. The Morgan fingerprint density at radius 1 is 1.20 bits per heavy atom. The monoisotopic (exact) mass is 295 g/mol. The number of carbonyl (C=O) groups excluding carboxylic acids is 2. The summed E-state index contributed by atoms with van der Waals surface area (Å²) >= 11 is 0. The van der Waals surface area contributed by atoms with Gasteiger partial charge in [0.25, 0.3) is 0 Å². The first-order chi connectivity index (χ1) is 9.60. The molecule has 0 amide bonds. The maximum Gasteiger partial charge on any atom is 0.356 e. The predicted octanol–water partition coefficient (Wildman–Crippen LogP) is 2.85. The van der Waals surface area contributed by atoms with Gasteiger partial charge in [0.1, 0.15) is 0 Å². The molecule has 4 heteroatoms. The lowest BCUT2D eigenvalue weighted by atomic mass is 10.1. The van der Waals surface area contributed by atoms with Crippen molar-refractivity contribution in [3.05, 3.63) is 35.9 Å². The Kier molecular flexibility index (Phi) is 7.37. The highest BCUT2D eigenvalue weighted by atomic mass is 32.2. The largest absolute Gasteiger partial charge is 0.463 e. The van der Waals surface area contributed by atoms with E-state index in [4.69, 9.17) is 4.74 Å². The van der Waals surface area contributed by atoms with Crippen molar-refractivity contribution < 1.29 is 14.3 Å². The van der Waals surface area contributed by atoms with Gasteiger partial charge in [-0.05, 0) is 6.92 Å². The minimum absolute atomic E-state index is 0.0909. The fraction of sp³-hybridized carbons (Fsp3) is 0.500. The van der Waals surface area contributed by atoms with E-state index < -0.39 is 0 Å². The number of Topliss-reactive ketones (excluding diaryl/α,β-unsaturated/α-hetero) is 1. The summed E-state index contributed by atoms with van der Waals surface area (Å²) < 4.78 is 4.98. The average Bonchev–Trinajstić information content (AvgIpc) is 2.45. The van der Waals surface area contributed by atoms with E-state index in [1.165, 1.54) is 0 Å². The molecule has 0 saturated carbocycles. The molecule has 2 atom stereocenters. The number of ether oxygens (including phenoxy) is 1. The van der Waals surface area contributed by atoms with Crippen LogP contribution >= 0.6 is 0 Å². The van der Waals surface area contributed by atoms with Crippen LogP contribution < -0.4 is 0 Å². The Balaban J connectivity index is 2.77. The first-order valence-electron chi connectivity index (χ1n) is 6.96. The van der Waals surface area contributed by atoms with Gasteiger partial charge in [-0.2, -0.15) is 0 Å². The van der Waals surface area contributed by atoms with Gasteiger partial charge in [-0.1, -0.05) is 43.7 Å². The number of benzene rings is 1. The molecule has 0 spiro atoms. The minimum Gasteiger partial charge on any atom is -0.463 e. The summed E-state index contributed by atoms with van der Waals surface area (Å²) in [6.07, 6.45) is 3.73. The summed E-state index contributed by atoms with van der Waals surface area (Å²) in [5, 5.41) is -0.0909. The molecule has 0 aliphatic rings. The lowest BCUT2D eigenvalue weighted by Gasteiger charge is -2.14. The second-order valence-electron chi connectivity index (χ2n) is 4.65. The van der Waals surface area contributed by atoms with Crippen molar-refractivity contribution in [1.82, 2.24) is 0 Å². The fourth-order valence-electron chi connectivity index (χ4n) is 2.05. The van der Waals surface area contributed by atoms with Crippen LogP contribution in [0.2, 0.25) is 0 Å². The summed E-state index contributed by atoms with van der Waals surface area (Å²) in [5.41, 5.74) is 0.731. The molecule has 110 valence electrons. The third-order valence-corrected chi connectivity index (χ3v) is 5.15. The molecular formula is C16H23O3S+. The molecule has 0 aliphatic carbocycles. The van der Waals surface area contributed by atoms with Gasteiger partial charge in [0.15, 0.2) is 5.25 Å². The van der Waals surface area contributed by atoms with Gasteiger partial charge in [-0.25, -0.2) is 4.79 Å². The number of carbonyl (C=O) groups is 2. The van der Waals surface area contributed by atoms with E-state index in [1.54, 1.807) is 6.92 Å². The second-order valence-corrected chi connectivity index (χ2v) is 6.89. The van der Waals surface area contributed by atoms with Crippen LogP contribution in [0.1, 0.15) is 37.0 Å². The van der Waals surface area contributed by atoms with Crippen molar-refractivity contribution in [2.45, 2.75) is 31.9 Å². The predicted molar refractivity (Wildman–Crippen MR) is 84.3 cm³/mol. The molecule has 0 N–H and O–H groups in total. The van der Waals surface area contributed by atoms with Crippen LogP contribution in [0.3, 0.4) is 0 Å². The van der Waals surface area contributed by atoms with Gasteiger partial charge in [-0.3, -0.25) is 4.79 Å². The molecule has 1 aromatic carbocycles. The summed E-state index contributed by atoms with van der Waals surface area (Å²) in [6.45, 7) is 4.25. The Bertz CT molecular complexity index is 431. The lowest BCUT2D eigenvalue weighted by molar-refractivity contribution is -0.139. The SMILES string of the molecule is CCCC(C(=O)c1ccccc1)[S+](C)CC(=O)OCC. The molecule has 20 heavy (non-hydrogen) atoms. The molecule has 3 nitrogen and oxygen atoms in total. The van der Waals surface area contributed by atoms with E-state index in [-0.39, 0.29) is 27.9 Å². The molecule has 0 aromatic heterocycles. The molecular weight excluding hydrogens is 272 g/mol. The number of ketones is 1. The molecule has 1 aromatic rings. The molecule has 0 saturated heterocycles. The number of esters is 1. The van der Waals surface area contributed by atoms with Crippen LogP contribution in [0.15, 0.2) is 30.3 Å². The van der Waals surface area contributed by atoms with Gasteiger partial charge >= 0.3 is 5.97 Å². The van der Waals surface area contributed by atoms with Gasteiger partial charge in [0, 0.05) is 22.9 Å². The van der Waals surface area contributed by atoms with Gasteiger partial charge in [-0.15, -0.1) is 0 Å². The highest BCUT2D eigenvalue weighted by Crippen LogP contribution is 2.17. The van der Waals surface area contributed by atoms with Crippen LogP contribution in [-0.4, -0.2) is 35.6 Å². The van der Waals surface area contributed by atoms with Crippen molar-refractivity contribution in [2.75, 3.05) is 18.6 Å². The molecule has 0 fully saturated rings. The topological polar surface area (TPSA) is 43.4 Å². The Hall–Kier alpha value is -1.29. The van der Waals surface area contributed by atoms with Crippen molar-refractivity contribution in [2.24, 2.45) is 0 Å². The first-order valence-corrected chi connectivity index (χ1v) is 8.82. The van der Waals surface area contributed by atoms with E-state index in [2.05, 4.69) is 6.92 Å². The van der Waals surface area contributed by atoms with Gasteiger partial charge in [0.05, 0.1) is 12.9 Å². The minimum atomic E-state index is -0.294. The zero-order valence-corrected chi connectivity index (χ0v) is 13.2. The summed E-state index contributed by atoms with van der Waals surface area (Å²) in [7, 11) is -0.294. The Morgan fingerprint density at radius 2 is 1.85 bits per heavy atom. The van der Waals surface area contributed by atoms with E-state index in [1.807, 2.05) is 36.6 Å². The number of hydrogen-bond donors (Lipinski definition) is 0. The maximum absolute atomic E-state index is 12.6. The molecule has 0 aliphatic heterocycles. The number of hydrogen-bond acceptors (Lipinski definition) is 3. The average molecular weight is 295 g/mol. The van der Waals surface area contributed by atoms with Crippen molar-refractivity contribution in [3.8, 4) is 0 Å². The zero-order chi connectivity index (χ0) is 15.0. The van der Waals surface area contributed by atoms with Gasteiger partial charge < -0.3 is 4.74 Å². The third-order valence-electron chi connectivity index (χ3n) is 3.04. The number of rotatable bonds is 8. The normalized spacial score (nSPS) is 13.6. The highest BCUT2D eigenvalue weighted by molar-refractivity contribution is 7.98. The van der Waals surface area contributed by atoms with E-state index in [0.29, 0.717) is 12.4 Å². The summed E-state index contributed by atoms with van der Waals surface area (Å²) in [6, 6.07) is 9.32. The highest BCUT2D eigenvalue weighted by Gasteiger charge is 2.35. The Morgan fingerprint density at radius 3 is 2.40 bits per heavy atom. The first kappa shape index (κ1) is 16.8. The van der Waals surface area contributed by atoms with Crippen molar-refractivity contribution >= 4 is 22.6 Å². The van der Waals surface area contributed by atoms with Crippen LogP contribution in [0.5, 0.6) is 0 Å². The summed E-state index contributed by atoms with van der Waals surface area (Å²) in [4.78, 5) is 24.2. The van der Waals surface area contributed by atoms with E-state index in [0.717, 1.165) is 18.4 Å². The van der Waals surface area contributed by atoms with Crippen LogP contribution in [0, 0.1) is 0 Å². The molecule has 2 unspecified atom stereocenters. The molecule has 0 radical (unpaired) electrons. The van der Waals surface area contributed by atoms with Crippen LogP contribution in [0.25, 0.3) is 0 Å². The Labute approximate surface area is 124 Å². The van der Waals surface area contributed by atoms with Crippen molar-refractivity contribution in [1.29, 1.82) is 0 Å². The van der Waals surface area contributed by atoms with Gasteiger partial charge in [0.2, 0.25) is 11.5 Å². The van der Waals surface area contributed by atoms with E-state index >= 15 is 0 Å². The quantitative estimate of drug-likeness (QED) is 0.421. The summed E-state index contributed by atoms with van der Waals surface area (Å²) in [5.74, 6) is 0.264. The maximum atomic E-state index is 12.6.